The summed E-state index contributed by atoms with van der Waals surface area (Å²) in [5, 5.41) is 0.547. The molecule has 1 atom stereocenters. The molecule has 2 heterocycles. The number of aromatic nitrogens is 1. The Morgan fingerprint density at radius 1 is 1.63 bits per heavy atom. The predicted molar refractivity (Wildman–Crippen MR) is 78.6 cm³/mol. The smallest absolute Gasteiger partial charge is 0.328 e. The molecule has 1 saturated heterocycles. The second-order valence-electron chi connectivity index (χ2n) is 4.42. The maximum absolute atomic E-state index is 12.0. The Morgan fingerprint density at radius 3 is 3.11 bits per heavy atom. The van der Waals surface area contributed by atoms with Crippen molar-refractivity contribution in [1.82, 2.24) is 4.98 Å². The lowest BCUT2D eigenvalue weighted by atomic mass is 10.0. The van der Waals surface area contributed by atoms with Crippen LogP contribution in [0.5, 0.6) is 0 Å². The maximum Gasteiger partial charge on any atom is 0.328 e. The van der Waals surface area contributed by atoms with E-state index in [1.807, 2.05) is 11.8 Å². The van der Waals surface area contributed by atoms with Crippen LogP contribution in [-0.4, -0.2) is 30.1 Å². The van der Waals surface area contributed by atoms with Crippen molar-refractivity contribution in [3.63, 3.8) is 0 Å². The zero-order valence-corrected chi connectivity index (χ0v) is 13.1. The summed E-state index contributed by atoms with van der Waals surface area (Å²) in [4.78, 5) is 18.3. The highest BCUT2D eigenvalue weighted by molar-refractivity contribution is 9.10. The number of carbonyl (C=O) groups excluding carboxylic acids is 1. The molecule has 1 aliphatic rings. The monoisotopic (exact) mass is 346 g/mol. The zero-order valence-electron chi connectivity index (χ0n) is 10.7. The molecule has 0 aliphatic carbocycles. The number of piperidine rings is 1. The first kappa shape index (κ1) is 14.6. The average molecular weight is 348 g/mol. The fraction of sp³-hybridized carbons (Fsp3) is 0.538. The van der Waals surface area contributed by atoms with Crippen molar-refractivity contribution in [3.05, 3.63) is 21.8 Å². The van der Waals surface area contributed by atoms with E-state index < -0.39 is 0 Å². The van der Waals surface area contributed by atoms with Crippen LogP contribution in [0.4, 0.5) is 5.82 Å². The van der Waals surface area contributed by atoms with E-state index in [-0.39, 0.29) is 12.0 Å². The van der Waals surface area contributed by atoms with Crippen molar-refractivity contribution in [2.75, 3.05) is 18.1 Å². The average Bonchev–Trinajstić information content (AvgIpc) is 2.39. The molecule has 0 aromatic carbocycles. The van der Waals surface area contributed by atoms with Gasteiger partial charge in [0.1, 0.15) is 11.9 Å². The van der Waals surface area contributed by atoms with Gasteiger partial charge in [-0.05, 0) is 48.2 Å². The van der Waals surface area contributed by atoms with Crippen LogP contribution in [0, 0.1) is 0 Å². The van der Waals surface area contributed by atoms with E-state index in [2.05, 4.69) is 20.9 Å². The van der Waals surface area contributed by atoms with Crippen LogP contribution in [0.1, 0.15) is 26.2 Å². The van der Waals surface area contributed by atoms with E-state index in [4.69, 9.17) is 16.3 Å². The molecule has 1 aliphatic heterocycles. The van der Waals surface area contributed by atoms with Gasteiger partial charge in [0.2, 0.25) is 0 Å². The van der Waals surface area contributed by atoms with Crippen LogP contribution in [0.2, 0.25) is 5.02 Å². The minimum Gasteiger partial charge on any atom is -0.464 e. The highest BCUT2D eigenvalue weighted by atomic mass is 79.9. The summed E-state index contributed by atoms with van der Waals surface area (Å²) >= 11 is 9.56. The van der Waals surface area contributed by atoms with Gasteiger partial charge in [-0.25, -0.2) is 9.78 Å². The number of nitrogens with zero attached hydrogens (tertiary/aromatic N) is 2. The van der Waals surface area contributed by atoms with Crippen LogP contribution in [0.25, 0.3) is 0 Å². The van der Waals surface area contributed by atoms with Crippen molar-refractivity contribution >= 4 is 39.3 Å². The van der Waals surface area contributed by atoms with Gasteiger partial charge < -0.3 is 9.64 Å². The molecule has 6 heteroatoms. The van der Waals surface area contributed by atoms with Gasteiger partial charge in [0.05, 0.1) is 11.6 Å². The number of hydrogen-bond donors (Lipinski definition) is 0. The predicted octanol–water partition coefficient (Wildman–Crippen LogP) is 3.42. The summed E-state index contributed by atoms with van der Waals surface area (Å²) in [7, 11) is 0. The first-order valence-electron chi connectivity index (χ1n) is 6.37. The van der Waals surface area contributed by atoms with E-state index >= 15 is 0 Å². The Balaban J connectivity index is 2.26. The molecule has 1 fully saturated rings. The van der Waals surface area contributed by atoms with Gasteiger partial charge in [-0.3, -0.25) is 0 Å². The number of anilines is 1. The number of carbonyl (C=O) groups is 1. The summed E-state index contributed by atoms with van der Waals surface area (Å²) in [5.41, 5.74) is 0. The van der Waals surface area contributed by atoms with Crippen molar-refractivity contribution in [2.24, 2.45) is 0 Å². The molecule has 1 aromatic heterocycles. The quantitative estimate of drug-likeness (QED) is 0.786. The molecule has 0 amide bonds. The fourth-order valence-electron chi connectivity index (χ4n) is 2.29. The van der Waals surface area contributed by atoms with Gasteiger partial charge in [-0.2, -0.15) is 0 Å². The van der Waals surface area contributed by atoms with E-state index in [0.29, 0.717) is 17.4 Å². The lowest BCUT2D eigenvalue weighted by molar-refractivity contribution is -0.145. The molecule has 104 valence electrons. The second-order valence-corrected chi connectivity index (χ2v) is 5.74. The third-order valence-corrected chi connectivity index (χ3v) is 3.83. The van der Waals surface area contributed by atoms with Gasteiger partial charge in [0.15, 0.2) is 0 Å². The van der Waals surface area contributed by atoms with Gasteiger partial charge in [-0.1, -0.05) is 11.6 Å². The molecule has 1 unspecified atom stereocenters. The molecule has 0 N–H and O–H groups in total. The summed E-state index contributed by atoms with van der Waals surface area (Å²) in [5.74, 6) is 0.464. The van der Waals surface area contributed by atoms with Crippen LogP contribution in [0.15, 0.2) is 16.7 Å². The minimum absolute atomic E-state index is 0.192. The van der Waals surface area contributed by atoms with Crippen molar-refractivity contribution in [1.29, 1.82) is 0 Å². The molecule has 4 nitrogen and oxygen atoms in total. The number of esters is 1. The first-order valence-corrected chi connectivity index (χ1v) is 7.55. The molecule has 19 heavy (non-hydrogen) atoms. The number of halogens is 2. The Labute approximate surface area is 126 Å². The third-order valence-electron chi connectivity index (χ3n) is 3.12. The fourth-order valence-corrected chi connectivity index (χ4v) is 3.03. The van der Waals surface area contributed by atoms with E-state index in [0.717, 1.165) is 30.3 Å². The lowest BCUT2D eigenvalue weighted by Crippen LogP contribution is -2.46. The number of ether oxygens (including phenoxy) is 1. The van der Waals surface area contributed by atoms with E-state index in [1.165, 1.54) is 0 Å². The van der Waals surface area contributed by atoms with Gasteiger partial charge in [-0.15, -0.1) is 0 Å². The van der Waals surface area contributed by atoms with Crippen LogP contribution < -0.4 is 4.90 Å². The molecule has 0 saturated carbocycles. The Kier molecular flexibility index (Phi) is 5.05. The van der Waals surface area contributed by atoms with Crippen molar-refractivity contribution in [2.45, 2.75) is 32.2 Å². The van der Waals surface area contributed by atoms with Gasteiger partial charge in [0, 0.05) is 17.2 Å². The highest BCUT2D eigenvalue weighted by Crippen LogP contribution is 2.31. The molecular formula is C13H16BrClN2O2. The topological polar surface area (TPSA) is 42.4 Å². The summed E-state index contributed by atoms with van der Waals surface area (Å²) < 4.78 is 5.96. The normalized spacial score (nSPS) is 19.3. The van der Waals surface area contributed by atoms with Crippen LogP contribution >= 0.6 is 27.5 Å². The van der Waals surface area contributed by atoms with Crippen LogP contribution in [-0.2, 0) is 9.53 Å². The van der Waals surface area contributed by atoms with Gasteiger partial charge in [0.25, 0.3) is 0 Å². The molecule has 0 bridgehead atoms. The standard InChI is InChI=1S/C13H16BrClN2O2/c1-2-19-13(18)11-5-3-4-6-17(11)12-10(15)7-9(14)8-16-12/h7-8,11H,2-6H2,1H3. The Hall–Kier alpha value is -0.810. The third kappa shape index (κ3) is 3.39. The summed E-state index contributed by atoms with van der Waals surface area (Å²) in [6.45, 7) is 2.98. The highest BCUT2D eigenvalue weighted by Gasteiger charge is 2.31. The molecule has 0 spiro atoms. The first-order chi connectivity index (χ1) is 9.13. The summed E-state index contributed by atoms with van der Waals surface area (Å²) in [6.07, 6.45) is 4.53. The molecule has 1 aromatic rings. The molecular weight excluding hydrogens is 332 g/mol. The molecule has 2 rings (SSSR count). The minimum atomic E-state index is -0.278. The Bertz CT molecular complexity index is 470. The van der Waals surface area contributed by atoms with Crippen molar-refractivity contribution in [3.8, 4) is 0 Å². The van der Waals surface area contributed by atoms with Crippen LogP contribution in [0.3, 0.4) is 0 Å². The van der Waals surface area contributed by atoms with E-state index in [1.54, 1.807) is 12.3 Å². The SMILES string of the molecule is CCOC(=O)C1CCCCN1c1ncc(Br)cc1Cl. The van der Waals surface area contributed by atoms with Gasteiger partial charge >= 0.3 is 5.97 Å². The largest absolute Gasteiger partial charge is 0.464 e. The van der Waals surface area contributed by atoms with Crippen molar-refractivity contribution < 1.29 is 9.53 Å². The summed E-state index contributed by atoms with van der Waals surface area (Å²) in [6, 6.07) is 1.51. The zero-order chi connectivity index (χ0) is 13.8. The number of hydrogen-bond acceptors (Lipinski definition) is 4. The second kappa shape index (κ2) is 6.57. The number of rotatable bonds is 3. The maximum atomic E-state index is 12.0. The molecule has 0 radical (unpaired) electrons. The lowest BCUT2D eigenvalue weighted by Gasteiger charge is -2.35. The Morgan fingerprint density at radius 2 is 2.42 bits per heavy atom. The van der Waals surface area contributed by atoms with E-state index in [9.17, 15) is 4.79 Å². The number of pyridine rings is 1.